The van der Waals surface area contributed by atoms with Crippen molar-refractivity contribution in [3.05, 3.63) is 88.0 Å². The SMILES string of the molecule is CCOc1ccc(/C(O)=C2\C(=O)C(=O)N(c3cccc(C)c3C)C2c2ccc(OC)c(OCC)c2)cc1C. The second-order valence-corrected chi connectivity index (χ2v) is 9.14. The number of Topliss-reactive ketones (excluding diaryl/α,β-unsaturated/α-hetero) is 1. The van der Waals surface area contributed by atoms with Gasteiger partial charge in [-0.1, -0.05) is 18.2 Å². The van der Waals surface area contributed by atoms with E-state index in [4.69, 9.17) is 14.2 Å². The summed E-state index contributed by atoms with van der Waals surface area (Å²) in [4.78, 5) is 28.6. The van der Waals surface area contributed by atoms with Gasteiger partial charge in [-0.25, -0.2) is 0 Å². The van der Waals surface area contributed by atoms with Crippen LogP contribution in [0.4, 0.5) is 5.69 Å². The molecule has 1 N–H and O–H groups in total. The van der Waals surface area contributed by atoms with Crippen molar-refractivity contribution >= 4 is 23.1 Å². The molecule has 198 valence electrons. The van der Waals surface area contributed by atoms with Crippen LogP contribution in [0.15, 0.2) is 60.2 Å². The quantitative estimate of drug-likeness (QED) is 0.224. The smallest absolute Gasteiger partial charge is 0.300 e. The van der Waals surface area contributed by atoms with Crippen LogP contribution in [-0.2, 0) is 9.59 Å². The van der Waals surface area contributed by atoms with E-state index in [1.165, 1.54) is 4.90 Å². The second kappa shape index (κ2) is 11.0. The number of methoxy groups -OCH3 is 1. The number of benzene rings is 3. The zero-order valence-corrected chi connectivity index (χ0v) is 22.6. The molecule has 1 aliphatic heterocycles. The second-order valence-electron chi connectivity index (χ2n) is 9.14. The number of carbonyl (C=O) groups excluding carboxylic acids is 2. The van der Waals surface area contributed by atoms with Gasteiger partial charge in [-0.2, -0.15) is 0 Å². The number of amides is 1. The number of aliphatic hydroxyl groups excluding tert-OH is 1. The Morgan fingerprint density at radius 1 is 0.868 bits per heavy atom. The molecular formula is C31H33NO6. The molecule has 0 bridgehead atoms. The molecule has 3 aromatic carbocycles. The van der Waals surface area contributed by atoms with E-state index >= 15 is 0 Å². The maximum absolute atomic E-state index is 13.6. The third kappa shape index (κ3) is 4.72. The van der Waals surface area contributed by atoms with Crippen molar-refractivity contribution in [3.8, 4) is 17.2 Å². The van der Waals surface area contributed by atoms with E-state index in [0.717, 1.165) is 16.7 Å². The van der Waals surface area contributed by atoms with E-state index < -0.39 is 17.7 Å². The number of ketones is 1. The molecule has 0 saturated carbocycles. The molecule has 0 aromatic heterocycles. The number of nitrogens with zero attached hydrogens (tertiary/aromatic N) is 1. The molecule has 1 heterocycles. The lowest BCUT2D eigenvalue weighted by atomic mass is 9.94. The van der Waals surface area contributed by atoms with E-state index in [1.807, 2.05) is 52.8 Å². The molecule has 7 nitrogen and oxygen atoms in total. The molecule has 0 radical (unpaired) electrons. The fourth-order valence-corrected chi connectivity index (χ4v) is 4.79. The highest BCUT2D eigenvalue weighted by atomic mass is 16.5. The van der Waals surface area contributed by atoms with Crippen LogP contribution in [0, 0.1) is 20.8 Å². The Morgan fingerprint density at radius 3 is 2.21 bits per heavy atom. The number of hydrogen-bond donors (Lipinski definition) is 1. The van der Waals surface area contributed by atoms with Gasteiger partial charge >= 0.3 is 0 Å². The molecular weight excluding hydrogens is 482 g/mol. The van der Waals surface area contributed by atoms with Crippen LogP contribution in [0.25, 0.3) is 5.76 Å². The standard InChI is InChI=1S/C31H33NO6/c1-7-37-24-14-13-22(16-19(24)4)29(33)27-28(21-12-15-25(36-6)26(17-21)38-8-2)32(31(35)30(27)34)23-11-9-10-18(3)20(23)5/h9-17,28,33H,7-8H2,1-6H3/b29-27+. The van der Waals surface area contributed by atoms with Crippen LogP contribution in [0.3, 0.4) is 0 Å². The summed E-state index contributed by atoms with van der Waals surface area (Å²) in [6.45, 7) is 10.4. The maximum atomic E-state index is 13.6. The predicted octanol–water partition coefficient (Wildman–Crippen LogP) is 6.04. The molecule has 1 atom stereocenters. The van der Waals surface area contributed by atoms with Gasteiger partial charge < -0.3 is 19.3 Å². The number of aryl methyl sites for hydroxylation is 2. The number of rotatable bonds is 8. The number of carbonyl (C=O) groups is 2. The van der Waals surface area contributed by atoms with Crippen molar-refractivity contribution < 1.29 is 28.9 Å². The van der Waals surface area contributed by atoms with Crippen molar-refractivity contribution in [2.45, 2.75) is 40.7 Å². The Bertz CT molecular complexity index is 1420. The lowest BCUT2D eigenvalue weighted by Gasteiger charge is -2.28. The normalized spacial score (nSPS) is 16.6. The highest BCUT2D eigenvalue weighted by Gasteiger charge is 2.47. The Morgan fingerprint density at radius 2 is 1.55 bits per heavy atom. The highest BCUT2D eigenvalue weighted by molar-refractivity contribution is 6.51. The average Bonchev–Trinajstić information content (AvgIpc) is 3.16. The van der Waals surface area contributed by atoms with Gasteiger partial charge in [0.15, 0.2) is 11.5 Å². The fraction of sp³-hybridized carbons (Fsp3) is 0.290. The molecule has 1 amide bonds. The summed E-state index contributed by atoms with van der Waals surface area (Å²) in [6.07, 6.45) is 0. The third-order valence-corrected chi connectivity index (χ3v) is 6.83. The summed E-state index contributed by atoms with van der Waals surface area (Å²) in [5, 5.41) is 11.5. The van der Waals surface area contributed by atoms with Gasteiger partial charge in [-0.05, 0) is 93.3 Å². The molecule has 1 aliphatic rings. The zero-order valence-electron chi connectivity index (χ0n) is 22.6. The summed E-state index contributed by atoms with van der Waals surface area (Å²) >= 11 is 0. The molecule has 4 rings (SSSR count). The van der Waals surface area contributed by atoms with Gasteiger partial charge in [0.25, 0.3) is 11.7 Å². The molecule has 1 unspecified atom stereocenters. The zero-order chi connectivity index (χ0) is 27.6. The van der Waals surface area contributed by atoms with E-state index in [0.29, 0.717) is 47.3 Å². The molecule has 0 spiro atoms. The molecule has 7 heteroatoms. The first-order chi connectivity index (χ1) is 18.2. The topological polar surface area (TPSA) is 85.3 Å². The van der Waals surface area contributed by atoms with Crippen LogP contribution in [0.2, 0.25) is 0 Å². The van der Waals surface area contributed by atoms with Gasteiger partial charge in [0.2, 0.25) is 0 Å². The van der Waals surface area contributed by atoms with Crippen molar-refractivity contribution in [2.75, 3.05) is 25.2 Å². The van der Waals surface area contributed by atoms with E-state index in [2.05, 4.69) is 0 Å². The largest absolute Gasteiger partial charge is 0.507 e. The lowest BCUT2D eigenvalue weighted by Crippen LogP contribution is -2.30. The minimum Gasteiger partial charge on any atom is -0.507 e. The van der Waals surface area contributed by atoms with Crippen LogP contribution >= 0.6 is 0 Å². The summed E-state index contributed by atoms with van der Waals surface area (Å²) in [5.41, 5.74) is 4.30. The maximum Gasteiger partial charge on any atom is 0.300 e. The van der Waals surface area contributed by atoms with Gasteiger partial charge in [0, 0.05) is 11.3 Å². The minimum atomic E-state index is -0.882. The lowest BCUT2D eigenvalue weighted by molar-refractivity contribution is -0.132. The molecule has 0 aliphatic carbocycles. The highest BCUT2D eigenvalue weighted by Crippen LogP contribution is 2.45. The molecule has 1 saturated heterocycles. The van der Waals surface area contributed by atoms with Gasteiger partial charge in [-0.15, -0.1) is 0 Å². The number of ether oxygens (including phenoxy) is 3. The summed E-state index contributed by atoms with van der Waals surface area (Å²) in [6, 6.07) is 15.2. The van der Waals surface area contributed by atoms with Gasteiger partial charge in [-0.3, -0.25) is 14.5 Å². The number of anilines is 1. The van der Waals surface area contributed by atoms with Gasteiger partial charge in [0.1, 0.15) is 11.5 Å². The van der Waals surface area contributed by atoms with Crippen LogP contribution in [0.5, 0.6) is 17.2 Å². The van der Waals surface area contributed by atoms with Crippen LogP contribution < -0.4 is 19.1 Å². The first kappa shape index (κ1) is 26.8. The average molecular weight is 516 g/mol. The van der Waals surface area contributed by atoms with Crippen molar-refractivity contribution in [1.82, 2.24) is 0 Å². The Kier molecular flexibility index (Phi) is 7.76. The van der Waals surface area contributed by atoms with Crippen molar-refractivity contribution in [2.24, 2.45) is 0 Å². The monoisotopic (exact) mass is 515 g/mol. The van der Waals surface area contributed by atoms with E-state index in [-0.39, 0.29) is 11.3 Å². The predicted molar refractivity (Wildman–Crippen MR) is 147 cm³/mol. The van der Waals surface area contributed by atoms with Crippen molar-refractivity contribution in [1.29, 1.82) is 0 Å². The Labute approximate surface area is 223 Å². The first-order valence-electron chi connectivity index (χ1n) is 12.6. The first-order valence-corrected chi connectivity index (χ1v) is 12.6. The molecule has 3 aromatic rings. The fourth-order valence-electron chi connectivity index (χ4n) is 4.79. The molecule has 1 fully saturated rings. The Balaban J connectivity index is 1.97. The minimum absolute atomic E-state index is 0.00656. The summed E-state index contributed by atoms with van der Waals surface area (Å²) in [7, 11) is 1.55. The van der Waals surface area contributed by atoms with Crippen molar-refractivity contribution in [3.63, 3.8) is 0 Å². The third-order valence-electron chi connectivity index (χ3n) is 6.83. The van der Waals surface area contributed by atoms with Crippen LogP contribution in [0.1, 0.15) is 47.7 Å². The Hall–Kier alpha value is -4.26. The van der Waals surface area contributed by atoms with E-state index in [9.17, 15) is 14.7 Å². The summed E-state index contributed by atoms with van der Waals surface area (Å²) < 4.78 is 16.9. The number of hydrogen-bond acceptors (Lipinski definition) is 6. The van der Waals surface area contributed by atoms with Crippen LogP contribution in [-0.4, -0.2) is 37.1 Å². The number of aliphatic hydroxyl groups is 1. The van der Waals surface area contributed by atoms with Gasteiger partial charge in [0.05, 0.1) is 31.9 Å². The summed E-state index contributed by atoms with van der Waals surface area (Å²) in [5.74, 6) is -0.0122. The van der Waals surface area contributed by atoms with E-state index in [1.54, 1.807) is 43.5 Å². The molecule has 38 heavy (non-hydrogen) atoms.